The molecule has 0 unspecified atom stereocenters. The van der Waals surface area contributed by atoms with Crippen molar-refractivity contribution >= 4 is 29.0 Å². The van der Waals surface area contributed by atoms with Gasteiger partial charge in [-0.15, -0.1) is 0 Å². The summed E-state index contributed by atoms with van der Waals surface area (Å²) in [5, 5.41) is 13.0. The minimum Gasteiger partial charge on any atom is -0.494 e. The van der Waals surface area contributed by atoms with E-state index in [4.69, 9.17) is 4.74 Å². The Bertz CT molecular complexity index is 1500. The van der Waals surface area contributed by atoms with Crippen molar-refractivity contribution in [2.45, 2.75) is 25.8 Å². The van der Waals surface area contributed by atoms with E-state index >= 15 is 0 Å². The molecule has 0 aliphatic rings. The average molecular weight is 563 g/mol. The third kappa shape index (κ3) is 8.17. The lowest BCUT2D eigenvalue weighted by molar-refractivity contribution is -0.137. The van der Waals surface area contributed by atoms with Gasteiger partial charge in [0, 0.05) is 35.5 Å². The van der Waals surface area contributed by atoms with Gasteiger partial charge in [-0.3, -0.25) is 9.59 Å². The summed E-state index contributed by atoms with van der Waals surface area (Å²) in [6.45, 7) is 2.73. The zero-order chi connectivity index (χ0) is 29.7. The first kappa shape index (κ1) is 29.8. The Balaban J connectivity index is 1.34. The highest BCUT2D eigenvalue weighted by atomic mass is 16.5. The Morgan fingerprint density at radius 2 is 1.50 bits per heavy atom. The van der Waals surface area contributed by atoms with Crippen molar-refractivity contribution in [2.24, 2.45) is 0 Å². The monoisotopic (exact) mass is 562 g/mol. The number of rotatable bonds is 14. The van der Waals surface area contributed by atoms with E-state index in [1.54, 1.807) is 77.7 Å². The van der Waals surface area contributed by atoms with Gasteiger partial charge in [-0.05, 0) is 61.4 Å². The lowest BCUT2D eigenvalue weighted by atomic mass is 10.00. The number of carboxylic acid groups (broad SMARTS) is 1. The summed E-state index contributed by atoms with van der Waals surface area (Å²) in [5.74, 6) is -0.625. The van der Waals surface area contributed by atoms with Crippen molar-refractivity contribution in [3.05, 3.63) is 138 Å². The molecule has 0 saturated heterocycles. The van der Waals surface area contributed by atoms with E-state index in [1.165, 1.54) is 0 Å². The number of hydrogen-bond donors (Lipinski definition) is 2. The molecule has 0 bridgehead atoms. The molecule has 0 aromatic heterocycles. The first-order chi connectivity index (χ1) is 20.5. The highest BCUT2D eigenvalue weighted by Crippen LogP contribution is 2.22. The number of benzene rings is 4. The zero-order valence-electron chi connectivity index (χ0n) is 23.5. The maximum atomic E-state index is 13.1. The van der Waals surface area contributed by atoms with E-state index in [2.05, 4.69) is 5.32 Å². The number of aliphatic carboxylic acids is 1. The molecule has 4 aromatic carbocycles. The molecule has 2 N–H and O–H groups in total. The third-order valence-corrected chi connectivity index (χ3v) is 6.64. The van der Waals surface area contributed by atoms with Crippen LogP contribution in [0.4, 0.5) is 11.4 Å². The van der Waals surface area contributed by atoms with E-state index in [-0.39, 0.29) is 18.1 Å². The topological polar surface area (TPSA) is 95.9 Å². The fraction of sp³-hybridized carbons (Fsp3) is 0.171. The van der Waals surface area contributed by atoms with Crippen molar-refractivity contribution < 1.29 is 24.2 Å². The number of ether oxygens (including phenoxy) is 1. The molecule has 7 heteroatoms. The van der Waals surface area contributed by atoms with Gasteiger partial charge < -0.3 is 20.1 Å². The first-order valence-electron chi connectivity index (χ1n) is 13.9. The molecule has 4 aromatic rings. The highest BCUT2D eigenvalue weighted by molar-refractivity contribution is 6.12. The summed E-state index contributed by atoms with van der Waals surface area (Å²) in [4.78, 5) is 39.5. The number of ketones is 1. The van der Waals surface area contributed by atoms with Crippen LogP contribution < -0.4 is 15.0 Å². The molecule has 0 aliphatic carbocycles. The van der Waals surface area contributed by atoms with Crippen LogP contribution in [0.25, 0.3) is 0 Å². The number of nitrogens with one attached hydrogen (secondary N) is 1. The van der Waals surface area contributed by atoms with Gasteiger partial charge in [0.2, 0.25) is 0 Å². The Morgan fingerprint density at radius 1 is 0.857 bits per heavy atom. The van der Waals surface area contributed by atoms with Gasteiger partial charge in [-0.25, -0.2) is 4.79 Å². The van der Waals surface area contributed by atoms with E-state index in [9.17, 15) is 19.5 Å². The number of carbonyl (C=O) groups is 3. The van der Waals surface area contributed by atoms with Crippen LogP contribution >= 0.6 is 0 Å². The minimum absolute atomic E-state index is 0.0818. The molecule has 0 heterocycles. The Morgan fingerprint density at radius 3 is 2.17 bits per heavy atom. The van der Waals surface area contributed by atoms with Crippen LogP contribution in [0.15, 0.2) is 121 Å². The lowest BCUT2D eigenvalue weighted by Crippen LogP contribution is -2.32. The fourth-order valence-electron chi connectivity index (χ4n) is 4.52. The number of anilines is 2. The smallest absolute Gasteiger partial charge is 0.326 e. The van der Waals surface area contributed by atoms with Gasteiger partial charge >= 0.3 is 5.97 Å². The van der Waals surface area contributed by atoms with Gasteiger partial charge in [0.1, 0.15) is 11.8 Å². The number of para-hydroxylation sites is 2. The van der Waals surface area contributed by atoms with Crippen LogP contribution in [0.3, 0.4) is 0 Å². The van der Waals surface area contributed by atoms with Crippen molar-refractivity contribution in [1.82, 2.24) is 0 Å². The molecule has 214 valence electrons. The predicted octanol–water partition coefficient (Wildman–Crippen LogP) is 6.40. The summed E-state index contributed by atoms with van der Waals surface area (Å²) in [6, 6.07) is 31.7. The van der Waals surface area contributed by atoms with Crippen molar-refractivity contribution in [2.75, 3.05) is 23.4 Å². The molecule has 0 fully saturated rings. The van der Waals surface area contributed by atoms with Crippen LogP contribution in [0.1, 0.15) is 34.8 Å². The van der Waals surface area contributed by atoms with Crippen LogP contribution in [-0.4, -0.2) is 42.0 Å². The number of nitrogens with zero attached hydrogens (tertiary/aromatic N) is 1. The molecule has 1 atom stereocenters. The Labute approximate surface area is 246 Å². The van der Waals surface area contributed by atoms with E-state index in [0.717, 1.165) is 11.3 Å². The number of amides is 1. The Kier molecular flexibility index (Phi) is 10.6. The first-order valence-corrected chi connectivity index (χ1v) is 13.9. The van der Waals surface area contributed by atoms with Gasteiger partial charge in [-0.1, -0.05) is 78.9 Å². The van der Waals surface area contributed by atoms with Gasteiger partial charge in [-0.2, -0.15) is 0 Å². The number of carboxylic acids is 1. The molecule has 7 nitrogen and oxygen atoms in total. The van der Waals surface area contributed by atoms with Crippen molar-refractivity contribution in [1.29, 1.82) is 0 Å². The number of carbonyl (C=O) groups excluding carboxylic acids is 2. The summed E-state index contributed by atoms with van der Waals surface area (Å²) >= 11 is 0. The normalized spacial score (nSPS) is 11.5. The second-order valence-corrected chi connectivity index (χ2v) is 9.65. The van der Waals surface area contributed by atoms with E-state index < -0.39 is 12.0 Å². The van der Waals surface area contributed by atoms with Crippen LogP contribution in [0.5, 0.6) is 5.75 Å². The van der Waals surface area contributed by atoms with Crippen LogP contribution in [0.2, 0.25) is 0 Å². The molecular weight excluding hydrogens is 528 g/mol. The second-order valence-electron chi connectivity index (χ2n) is 9.65. The number of allylic oxidation sites excluding steroid dienone is 1. The highest BCUT2D eigenvalue weighted by Gasteiger charge is 2.21. The van der Waals surface area contributed by atoms with E-state index in [1.807, 2.05) is 55.5 Å². The zero-order valence-corrected chi connectivity index (χ0v) is 23.5. The third-order valence-electron chi connectivity index (χ3n) is 6.64. The summed E-state index contributed by atoms with van der Waals surface area (Å²) in [6.07, 6.45) is 4.12. The van der Waals surface area contributed by atoms with Gasteiger partial charge in [0.15, 0.2) is 5.78 Å². The molecule has 0 aliphatic heterocycles. The van der Waals surface area contributed by atoms with Crippen molar-refractivity contribution in [3.63, 3.8) is 0 Å². The standard InChI is InChI=1S/C35H34N2O5/c1-2-12-33(38)37(28-15-7-4-8-16-28)23-11-24-42-29-21-19-26(20-22-29)25-32(35(40)41)36-31-18-10-9-17-30(31)34(39)27-13-5-3-6-14-27/h2-10,12-22,32,36H,11,23-25H2,1H3,(H,40,41)/b12-2+/t32-/m0/s1. The molecule has 0 saturated carbocycles. The van der Waals surface area contributed by atoms with Crippen LogP contribution in [0, 0.1) is 0 Å². The molecule has 4 rings (SSSR count). The summed E-state index contributed by atoms with van der Waals surface area (Å²) in [5.41, 5.74) is 3.06. The minimum atomic E-state index is -1.02. The number of hydrogen-bond acceptors (Lipinski definition) is 5. The van der Waals surface area contributed by atoms with Crippen molar-refractivity contribution in [3.8, 4) is 5.75 Å². The summed E-state index contributed by atoms with van der Waals surface area (Å²) in [7, 11) is 0. The molecule has 0 spiro atoms. The predicted molar refractivity (Wildman–Crippen MR) is 165 cm³/mol. The summed E-state index contributed by atoms with van der Waals surface area (Å²) < 4.78 is 5.89. The van der Waals surface area contributed by atoms with Gasteiger partial charge in [0.25, 0.3) is 5.91 Å². The molecule has 0 radical (unpaired) electrons. The van der Waals surface area contributed by atoms with Crippen LogP contribution in [-0.2, 0) is 16.0 Å². The largest absolute Gasteiger partial charge is 0.494 e. The van der Waals surface area contributed by atoms with Gasteiger partial charge in [0.05, 0.1) is 6.61 Å². The Hall–Kier alpha value is -5.17. The SMILES string of the molecule is C/C=C/C(=O)N(CCCOc1ccc(C[C@H](Nc2ccccc2C(=O)c2ccccc2)C(=O)O)cc1)c1ccccc1. The maximum absolute atomic E-state index is 13.1. The van der Waals surface area contributed by atoms with E-state index in [0.29, 0.717) is 42.1 Å². The quantitative estimate of drug-likeness (QED) is 0.105. The average Bonchev–Trinajstić information content (AvgIpc) is 3.02. The lowest BCUT2D eigenvalue weighted by Gasteiger charge is -2.21. The fourth-order valence-corrected chi connectivity index (χ4v) is 4.52. The molecule has 1 amide bonds. The molecular formula is C35H34N2O5. The maximum Gasteiger partial charge on any atom is 0.326 e. The molecule has 42 heavy (non-hydrogen) atoms. The second kappa shape index (κ2) is 15.0.